The average molecular weight is 434 g/mol. The van der Waals surface area contributed by atoms with Gasteiger partial charge in [0.05, 0.1) is 6.21 Å². The molecule has 5 rings (SSSR count). The normalized spacial score (nSPS) is 25.0. The van der Waals surface area contributed by atoms with E-state index >= 15 is 0 Å². The van der Waals surface area contributed by atoms with Gasteiger partial charge in [-0.05, 0) is 48.8 Å². The lowest BCUT2D eigenvalue weighted by Gasteiger charge is -2.15. The molecule has 0 unspecified atom stereocenters. The van der Waals surface area contributed by atoms with Crippen molar-refractivity contribution < 1.29 is 4.79 Å². The summed E-state index contributed by atoms with van der Waals surface area (Å²) in [6.45, 7) is 5.04. The zero-order valence-corrected chi connectivity index (χ0v) is 18.8. The van der Waals surface area contributed by atoms with E-state index in [1.807, 2.05) is 30.3 Å². The lowest BCUT2D eigenvalue weighted by atomic mass is 9.90. The number of halogens is 1. The molecule has 2 aromatic carbocycles. The van der Waals surface area contributed by atoms with E-state index < -0.39 is 0 Å². The third kappa shape index (κ3) is 3.47. The summed E-state index contributed by atoms with van der Waals surface area (Å²) in [5, 5.41) is 6.26. The molecule has 2 aliphatic carbocycles. The van der Waals surface area contributed by atoms with Crippen molar-refractivity contribution >= 4 is 34.6 Å². The molecule has 3 atom stereocenters. The van der Waals surface area contributed by atoms with Crippen molar-refractivity contribution in [3.05, 3.63) is 70.4 Å². The van der Waals surface area contributed by atoms with Gasteiger partial charge >= 0.3 is 0 Å². The number of benzene rings is 2. The van der Waals surface area contributed by atoms with E-state index in [1.54, 1.807) is 6.21 Å². The highest BCUT2D eigenvalue weighted by atomic mass is 35.5. The molecule has 4 nitrogen and oxygen atoms in total. The maximum atomic E-state index is 12.8. The predicted octanol–water partition coefficient (Wildman–Crippen LogP) is 5.93. The molecule has 2 saturated carbocycles. The summed E-state index contributed by atoms with van der Waals surface area (Å²) in [6.07, 6.45) is 6.62. The minimum absolute atomic E-state index is 0.0723. The monoisotopic (exact) mass is 433 g/mol. The molecular weight excluding hydrogens is 406 g/mol. The Bertz CT molecular complexity index is 1180. The van der Waals surface area contributed by atoms with E-state index in [4.69, 9.17) is 11.6 Å². The van der Waals surface area contributed by atoms with E-state index in [2.05, 4.69) is 47.1 Å². The summed E-state index contributed by atoms with van der Waals surface area (Å²) >= 11 is 6.41. The molecular formula is C26H28ClN3O. The number of nitrogens with one attached hydrogen (secondary N) is 1. The fourth-order valence-corrected chi connectivity index (χ4v) is 5.90. The Labute approximate surface area is 188 Å². The number of rotatable bonds is 5. The number of fused-ring (bicyclic) bond motifs is 2. The third-order valence-corrected chi connectivity index (χ3v) is 7.92. The van der Waals surface area contributed by atoms with Gasteiger partial charge in [0.2, 0.25) is 5.91 Å². The first-order chi connectivity index (χ1) is 15.0. The van der Waals surface area contributed by atoms with Gasteiger partial charge in [-0.25, -0.2) is 5.43 Å². The van der Waals surface area contributed by atoms with Crippen molar-refractivity contribution in [3.63, 3.8) is 0 Å². The number of hydrogen-bond donors (Lipinski definition) is 1. The van der Waals surface area contributed by atoms with Gasteiger partial charge in [0.25, 0.3) is 0 Å². The van der Waals surface area contributed by atoms with Gasteiger partial charge < -0.3 is 4.57 Å². The van der Waals surface area contributed by atoms with Gasteiger partial charge in [-0.15, -0.1) is 0 Å². The second-order valence-corrected chi connectivity index (χ2v) is 9.67. The van der Waals surface area contributed by atoms with Crippen LogP contribution in [0.25, 0.3) is 10.9 Å². The summed E-state index contributed by atoms with van der Waals surface area (Å²) in [5.41, 5.74) is 7.37. The number of carbonyl (C=O) groups is 1. The van der Waals surface area contributed by atoms with Crippen LogP contribution in [0, 0.1) is 24.2 Å². The van der Waals surface area contributed by atoms with Crippen molar-refractivity contribution in [3.8, 4) is 0 Å². The number of hydrazone groups is 1. The van der Waals surface area contributed by atoms with E-state index in [0.717, 1.165) is 39.2 Å². The standard InChI is InChI=1S/C26H28ClN3O/c1-17-20(15-28-29-25(31)24-21-11-7-8-14-26(21,24)2)19-10-4-6-13-23(19)30(17)16-18-9-3-5-12-22(18)27/h3-6,9-10,12-13,15,21,24H,7-8,11,14,16H2,1-2H3,(H,29,31)/b28-15-/t21-,24-,26-/m0/s1. The van der Waals surface area contributed by atoms with Crippen molar-refractivity contribution in [2.75, 3.05) is 0 Å². The molecule has 0 saturated heterocycles. The number of carbonyl (C=O) groups excluding carboxylic acids is 1. The quantitative estimate of drug-likeness (QED) is 0.393. The SMILES string of the molecule is Cc1c(/C=N\NC(=O)[C@@H]2[C@@H]3CCCC[C@]23C)c2ccccc2n1Cc1ccccc1Cl. The highest BCUT2D eigenvalue weighted by Crippen LogP contribution is 2.66. The lowest BCUT2D eigenvalue weighted by molar-refractivity contribution is -0.123. The topological polar surface area (TPSA) is 46.4 Å². The van der Waals surface area contributed by atoms with Crippen LogP contribution in [-0.4, -0.2) is 16.7 Å². The van der Waals surface area contributed by atoms with Gasteiger partial charge in [-0.2, -0.15) is 5.10 Å². The molecule has 1 amide bonds. The number of aromatic nitrogens is 1. The molecule has 1 aromatic heterocycles. The first kappa shape index (κ1) is 20.3. The Balaban J connectivity index is 1.39. The molecule has 0 spiro atoms. The van der Waals surface area contributed by atoms with E-state index in [0.29, 0.717) is 12.5 Å². The minimum atomic E-state index is 0.0723. The third-order valence-electron chi connectivity index (χ3n) is 7.55. The molecule has 160 valence electrons. The zero-order chi connectivity index (χ0) is 21.6. The smallest absolute Gasteiger partial charge is 0.244 e. The Morgan fingerprint density at radius 1 is 1.23 bits per heavy atom. The molecule has 0 radical (unpaired) electrons. The minimum Gasteiger partial charge on any atom is -0.340 e. The van der Waals surface area contributed by atoms with Crippen LogP contribution in [0.15, 0.2) is 53.6 Å². The van der Waals surface area contributed by atoms with Crippen LogP contribution in [0.5, 0.6) is 0 Å². The summed E-state index contributed by atoms with van der Waals surface area (Å²) in [5.74, 6) is 0.730. The van der Waals surface area contributed by atoms with E-state index in [-0.39, 0.29) is 17.2 Å². The summed E-state index contributed by atoms with van der Waals surface area (Å²) < 4.78 is 2.26. The average Bonchev–Trinajstić information content (AvgIpc) is 3.33. The van der Waals surface area contributed by atoms with Gasteiger partial charge in [0.1, 0.15) is 0 Å². The first-order valence-corrected chi connectivity index (χ1v) is 11.5. The van der Waals surface area contributed by atoms with E-state index in [9.17, 15) is 4.79 Å². The summed E-state index contributed by atoms with van der Waals surface area (Å²) in [4.78, 5) is 12.8. The van der Waals surface area contributed by atoms with Crippen LogP contribution in [0.3, 0.4) is 0 Å². The van der Waals surface area contributed by atoms with Crippen LogP contribution in [-0.2, 0) is 11.3 Å². The number of hydrogen-bond acceptors (Lipinski definition) is 2. The van der Waals surface area contributed by atoms with Gasteiger partial charge in [0.15, 0.2) is 0 Å². The first-order valence-electron chi connectivity index (χ1n) is 11.1. The number of para-hydroxylation sites is 1. The fraction of sp³-hybridized carbons (Fsp3) is 0.385. The van der Waals surface area contributed by atoms with Crippen molar-refractivity contribution in [2.45, 2.75) is 46.1 Å². The molecule has 2 aliphatic rings. The Kier molecular flexibility index (Phi) is 5.13. The van der Waals surface area contributed by atoms with Crippen LogP contribution < -0.4 is 5.43 Å². The molecule has 3 aromatic rings. The summed E-state index contributed by atoms with van der Waals surface area (Å²) in [6, 6.07) is 16.2. The Morgan fingerprint density at radius 2 is 2.00 bits per heavy atom. The molecule has 0 aliphatic heterocycles. The molecule has 1 N–H and O–H groups in total. The molecule has 2 fully saturated rings. The molecule has 31 heavy (non-hydrogen) atoms. The largest absolute Gasteiger partial charge is 0.340 e. The van der Waals surface area contributed by atoms with Crippen LogP contribution in [0.1, 0.15) is 49.4 Å². The second-order valence-electron chi connectivity index (χ2n) is 9.26. The van der Waals surface area contributed by atoms with Crippen LogP contribution in [0.2, 0.25) is 5.02 Å². The molecule has 5 heteroatoms. The van der Waals surface area contributed by atoms with Crippen molar-refractivity contribution in [1.29, 1.82) is 0 Å². The Morgan fingerprint density at radius 3 is 2.77 bits per heavy atom. The summed E-state index contributed by atoms with van der Waals surface area (Å²) in [7, 11) is 0. The maximum Gasteiger partial charge on any atom is 0.244 e. The van der Waals surface area contributed by atoms with Gasteiger partial charge in [0, 0.05) is 39.6 Å². The van der Waals surface area contributed by atoms with E-state index in [1.165, 1.54) is 19.3 Å². The fourth-order valence-electron chi connectivity index (χ4n) is 5.70. The highest BCUT2D eigenvalue weighted by Gasteiger charge is 2.64. The van der Waals surface area contributed by atoms with Crippen molar-refractivity contribution in [2.24, 2.45) is 22.4 Å². The molecule has 1 heterocycles. The second kappa shape index (κ2) is 7.83. The number of amides is 1. The highest BCUT2D eigenvalue weighted by molar-refractivity contribution is 6.31. The number of nitrogens with zero attached hydrogens (tertiary/aromatic N) is 2. The van der Waals surface area contributed by atoms with Crippen LogP contribution in [0.4, 0.5) is 0 Å². The predicted molar refractivity (Wildman–Crippen MR) is 127 cm³/mol. The molecule has 0 bridgehead atoms. The maximum absolute atomic E-state index is 12.8. The van der Waals surface area contributed by atoms with Crippen LogP contribution >= 0.6 is 11.6 Å². The van der Waals surface area contributed by atoms with Gasteiger partial charge in [-0.3, -0.25) is 4.79 Å². The Hall–Kier alpha value is -2.59. The van der Waals surface area contributed by atoms with Crippen molar-refractivity contribution in [1.82, 2.24) is 9.99 Å². The zero-order valence-electron chi connectivity index (χ0n) is 18.1. The lowest BCUT2D eigenvalue weighted by Crippen LogP contribution is -2.22. The van der Waals surface area contributed by atoms with Gasteiger partial charge in [-0.1, -0.05) is 67.8 Å².